The second-order valence-corrected chi connectivity index (χ2v) is 4.18. The van der Waals surface area contributed by atoms with E-state index in [4.69, 9.17) is 14.6 Å². The van der Waals surface area contributed by atoms with Gasteiger partial charge in [0.05, 0.1) is 24.9 Å². The molecule has 4 N–H and O–H groups in total. The molecular formula is C10H21NO5. The van der Waals surface area contributed by atoms with Crippen molar-refractivity contribution in [2.75, 3.05) is 13.7 Å². The zero-order chi connectivity index (χ0) is 12.3. The van der Waals surface area contributed by atoms with Crippen LogP contribution in [0.3, 0.4) is 0 Å². The maximum Gasteiger partial charge on any atom is 0.175 e. The van der Waals surface area contributed by atoms with E-state index in [1.165, 1.54) is 7.11 Å². The van der Waals surface area contributed by atoms with Crippen molar-refractivity contribution < 1.29 is 24.8 Å². The van der Waals surface area contributed by atoms with Gasteiger partial charge in [0.2, 0.25) is 0 Å². The van der Waals surface area contributed by atoms with Crippen LogP contribution >= 0.6 is 0 Å². The molecule has 0 aromatic rings. The highest BCUT2D eigenvalue weighted by atomic mass is 16.7. The molecule has 16 heavy (non-hydrogen) atoms. The van der Waals surface area contributed by atoms with Crippen LogP contribution in [-0.4, -0.2) is 59.8 Å². The number of nitrogens with one attached hydrogen (secondary N) is 1. The van der Waals surface area contributed by atoms with Crippen molar-refractivity contribution in [3.63, 3.8) is 0 Å². The molecule has 6 atom stereocenters. The zero-order valence-electron chi connectivity index (χ0n) is 9.83. The Labute approximate surface area is 95.2 Å². The molecule has 1 fully saturated rings. The molecule has 0 aromatic carbocycles. The molecule has 6 heteroatoms. The molecule has 0 saturated carbocycles. The lowest BCUT2D eigenvalue weighted by Gasteiger charge is -2.43. The largest absolute Gasteiger partial charge is 0.394 e. The molecule has 6 unspecified atom stereocenters. The summed E-state index contributed by atoms with van der Waals surface area (Å²) >= 11 is 0. The minimum atomic E-state index is -0.765. The Kier molecular flexibility index (Phi) is 5.10. The molecular weight excluding hydrogens is 214 g/mol. The van der Waals surface area contributed by atoms with Gasteiger partial charge in [-0.15, -0.1) is 0 Å². The van der Waals surface area contributed by atoms with Crippen molar-refractivity contribution in [3.8, 4) is 0 Å². The summed E-state index contributed by atoms with van der Waals surface area (Å²) in [5.74, 6) is -0.229. The Bertz CT molecular complexity index is 211. The SMILES string of the molecule is COC1OC(CO)C(C)C(O)C1NC(C)O. The third kappa shape index (κ3) is 2.91. The molecule has 0 radical (unpaired) electrons. The van der Waals surface area contributed by atoms with Crippen LogP contribution in [-0.2, 0) is 9.47 Å². The molecule has 0 amide bonds. The lowest BCUT2D eigenvalue weighted by Crippen LogP contribution is -2.62. The Morgan fingerprint density at radius 1 is 1.50 bits per heavy atom. The van der Waals surface area contributed by atoms with Gasteiger partial charge in [-0.25, -0.2) is 0 Å². The van der Waals surface area contributed by atoms with E-state index in [-0.39, 0.29) is 12.5 Å². The molecule has 0 aromatic heterocycles. The quantitative estimate of drug-likeness (QED) is 0.450. The van der Waals surface area contributed by atoms with Gasteiger partial charge < -0.3 is 24.8 Å². The summed E-state index contributed by atoms with van der Waals surface area (Å²) < 4.78 is 10.6. The van der Waals surface area contributed by atoms with Crippen LogP contribution in [0.1, 0.15) is 13.8 Å². The first-order valence-corrected chi connectivity index (χ1v) is 5.42. The minimum absolute atomic E-state index is 0.167. The maximum atomic E-state index is 10.0. The molecule has 96 valence electrons. The molecule has 1 rings (SSSR count). The fourth-order valence-electron chi connectivity index (χ4n) is 1.96. The Hall–Kier alpha value is -0.240. The molecule has 0 aliphatic carbocycles. The van der Waals surface area contributed by atoms with Gasteiger partial charge in [-0.05, 0) is 6.92 Å². The van der Waals surface area contributed by atoms with Crippen LogP contribution in [0.4, 0.5) is 0 Å². The van der Waals surface area contributed by atoms with E-state index in [9.17, 15) is 10.2 Å². The number of aliphatic hydroxyl groups excluding tert-OH is 3. The van der Waals surface area contributed by atoms with Crippen LogP contribution in [0.2, 0.25) is 0 Å². The first-order valence-electron chi connectivity index (χ1n) is 5.42. The van der Waals surface area contributed by atoms with Gasteiger partial charge in [0.1, 0.15) is 6.23 Å². The second kappa shape index (κ2) is 5.90. The summed E-state index contributed by atoms with van der Waals surface area (Å²) in [4.78, 5) is 0. The van der Waals surface area contributed by atoms with Crippen LogP contribution in [0.15, 0.2) is 0 Å². The summed E-state index contributed by atoms with van der Waals surface area (Å²) in [6.07, 6.45) is -2.64. The van der Waals surface area contributed by atoms with Crippen molar-refractivity contribution in [3.05, 3.63) is 0 Å². The van der Waals surface area contributed by atoms with Crippen molar-refractivity contribution in [2.24, 2.45) is 5.92 Å². The van der Waals surface area contributed by atoms with Gasteiger partial charge in [-0.1, -0.05) is 6.92 Å². The standard InChI is InChI=1S/C10H21NO5/c1-5-7(4-12)16-10(15-3)8(9(5)14)11-6(2)13/h5-14H,4H2,1-3H3. The first kappa shape index (κ1) is 13.8. The molecule has 1 aliphatic rings. The van der Waals surface area contributed by atoms with Gasteiger partial charge in [0, 0.05) is 13.0 Å². The van der Waals surface area contributed by atoms with E-state index in [1.807, 2.05) is 0 Å². The maximum absolute atomic E-state index is 10.0. The lowest BCUT2D eigenvalue weighted by atomic mass is 9.89. The van der Waals surface area contributed by atoms with Gasteiger partial charge in [-0.2, -0.15) is 0 Å². The van der Waals surface area contributed by atoms with Crippen LogP contribution in [0.25, 0.3) is 0 Å². The molecule has 6 nitrogen and oxygen atoms in total. The smallest absolute Gasteiger partial charge is 0.175 e. The predicted octanol–water partition coefficient (Wildman–Crippen LogP) is -1.36. The number of hydrogen-bond acceptors (Lipinski definition) is 6. The third-order valence-corrected chi connectivity index (χ3v) is 2.94. The van der Waals surface area contributed by atoms with Gasteiger partial charge in [-0.3, -0.25) is 5.32 Å². The third-order valence-electron chi connectivity index (χ3n) is 2.94. The summed E-state index contributed by atoms with van der Waals surface area (Å²) in [5, 5.41) is 31.2. The van der Waals surface area contributed by atoms with E-state index in [0.717, 1.165) is 0 Å². The highest BCUT2D eigenvalue weighted by molar-refractivity contribution is 4.91. The zero-order valence-corrected chi connectivity index (χ0v) is 9.83. The van der Waals surface area contributed by atoms with E-state index < -0.39 is 30.8 Å². The second-order valence-electron chi connectivity index (χ2n) is 4.18. The normalized spacial score (nSPS) is 42.0. The van der Waals surface area contributed by atoms with Gasteiger partial charge >= 0.3 is 0 Å². The van der Waals surface area contributed by atoms with Crippen molar-refractivity contribution in [1.29, 1.82) is 0 Å². The lowest BCUT2D eigenvalue weighted by molar-refractivity contribution is -0.250. The summed E-state index contributed by atoms with van der Waals surface area (Å²) in [6.45, 7) is 3.18. The summed E-state index contributed by atoms with van der Waals surface area (Å²) in [6, 6.07) is -0.511. The van der Waals surface area contributed by atoms with Crippen molar-refractivity contribution in [1.82, 2.24) is 5.32 Å². The molecule has 0 spiro atoms. The highest BCUT2D eigenvalue weighted by Crippen LogP contribution is 2.26. The predicted molar refractivity (Wildman–Crippen MR) is 56.5 cm³/mol. The number of hydrogen-bond donors (Lipinski definition) is 4. The molecule has 1 saturated heterocycles. The van der Waals surface area contributed by atoms with Crippen LogP contribution < -0.4 is 5.32 Å². The average Bonchev–Trinajstić information content (AvgIpc) is 2.25. The van der Waals surface area contributed by atoms with E-state index in [1.54, 1.807) is 13.8 Å². The Morgan fingerprint density at radius 3 is 2.56 bits per heavy atom. The summed E-state index contributed by atoms with van der Waals surface area (Å²) in [7, 11) is 1.46. The number of rotatable bonds is 4. The molecule has 1 aliphatic heterocycles. The van der Waals surface area contributed by atoms with E-state index >= 15 is 0 Å². The fraction of sp³-hybridized carbons (Fsp3) is 1.00. The van der Waals surface area contributed by atoms with Gasteiger partial charge in [0.25, 0.3) is 0 Å². The fourth-order valence-corrected chi connectivity index (χ4v) is 1.96. The number of methoxy groups -OCH3 is 1. The average molecular weight is 235 g/mol. The topological polar surface area (TPSA) is 91.2 Å². The Morgan fingerprint density at radius 2 is 2.12 bits per heavy atom. The molecule has 0 bridgehead atoms. The van der Waals surface area contributed by atoms with Crippen molar-refractivity contribution >= 4 is 0 Å². The number of aliphatic hydroxyl groups is 3. The first-order chi connectivity index (χ1) is 7.51. The molecule has 1 heterocycles. The van der Waals surface area contributed by atoms with Crippen molar-refractivity contribution in [2.45, 2.75) is 44.6 Å². The van der Waals surface area contributed by atoms with Crippen LogP contribution in [0, 0.1) is 5.92 Å². The van der Waals surface area contributed by atoms with Gasteiger partial charge in [0.15, 0.2) is 6.29 Å². The minimum Gasteiger partial charge on any atom is -0.394 e. The van der Waals surface area contributed by atoms with E-state index in [2.05, 4.69) is 5.32 Å². The number of ether oxygens (including phenoxy) is 2. The van der Waals surface area contributed by atoms with E-state index in [0.29, 0.717) is 0 Å². The summed E-state index contributed by atoms with van der Waals surface area (Å²) in [5.41, 5.74) is 0. The highest BCUT2D eigenvalue weighted by Gasteiger charge is 2.43. The Balaban J connectivity index is 2.73. The van der Waals surface area contributed by atoms with Crippen LogP contribution in [0.5, 0.6) is 0 Å². The monoisotopic (exact) mass is 235 g/mol.